The monoisotopic (exact) mass is 272 g/mol. The molecule has 1 aromatic carbocycles. The average molecular weight is 273 g/mol. The number of nitrogens with two attached hydrogens (primary N) is 1. The number of benzene rings is 1. The number of anilines is 1. The zero-order chi connectivity index (χ0) is 11.1. The van der Waals surface area contributed by atoms with Crippen molar-refractivity contribution in [3.63, 3.8) is 0 Å². The number of morpholine rings is 1. The fraction of sp³-hybridized carbons (Fsp3) is 0.455. The van der Waals surface area contributed by atoms with E-state index in [1.165, 1.54) is 0 Å². The van der Waals surface area contributed by atoms with E-state index in [1.807, 2.05) is 30.3 Å². The van der Waals surface area contributed by atoms with Gasteiger partial charge in [-0.15, -0.1) is 0 Å². The minimum absolute atomic E-state index is 0.392. The maximum atomic E-state index is 5.36. The molecule has 0 aromatic heterocycles. The molecule has 2 N–H and O–H groups in total. The highest BCUT2D eigenvalue weighted by molar-refractivity contribution is 9.07. The smallest absolute Gasteiger partial charge is 0.0683 e. The lowest BCUT2D eigenvalue weighted by molar-refractivity contribution is 0.0157. The molecule has 2 rings (SSSR count). The van der Waals surface area contributed by atoms with Crippen molar-refractivity contribution < 1.29 is 4.74 Å². The summed E-state index contributed by atoms with van der Waals surface area (Å²) in [6.45, 7) is 4.93. The van der Waals surface area contributed by atoms with Gasteiger partial charge < -0.3 is 10.5 Å². The lowest BCUT2D eigenvalue weighted by Gasteiger charge is -2.25. The van der Waals surface area contributed by atoms with Crippen LogP contribution in [0.3, 0.4) is 0 Å². The highest BCUT2D eigenvalue weighted by Gasteiger charge is 2.12. The van der Waals surface area contributed by atoms with Crippen molar-refractivity contribution in [2.45, 2.75) is 13.0 Å². The van der Waals surface area contributed by atoms with Crippen molar-refractivity contribution >= 4 is 21.8 Å². The molecular formula is C11H17BrN2O. The van der Waals surface area contributed by atoms with Gasteiger partial charge in [0.2, 0.25) is 0 Å². The zero-order valence-electron chi connectivity index (χ0n) is 8.90. The van der Waals surface area contributed by atoms with Crippen LogP contribution in [0.4, 0.5) is 5.69 Å². The Morgan fingerprint density at radius 1 is 1.40 bits per heavy atom. The number of nitrogens with zero attached hydrogens (tertiary/aromatic N) is 1. The van der Waals surface area contributed by atoms with Crippen LogP contribution in [0.25, 0.3) is 0 Å². The van der Waals surface area contributed by atoms with E-state index < -0.39 is 0 Å². The number of rotatable bonds is 0. The van der Waals surface area contributed by atoms with Crippen molar-refractivity contribution in [2.75, 3.05) is 25.4 Å². The molecule has 0 aliphatic carbocycles. The molecule has 1 unspecified atom stereocenters. The Balaban J connectivity index is 0.000000151. The Morgan fingerprint density at radius 2 is 2.07 bits per heavy atom. The van der Waals surface area contributed by atoms with Gasteiger partial charge in [-0.1, -0.05) is 18.2 Å². The van der Waals surface area contributed by atoms with Gasteiger partial charge in [0.05, 0.1) is 12.7 Å². The standard InChI is InChI=1S/C6H7N.C5H10BrNO/c7-6-4-2-1-3-5-6;1-5-4-7(6)2-3-8-5/h1-5H,7H2;5H,2-4H2,1H3. The molecule has 0 amide bonds. The van der Waals surface area contributed by atoms with E-state index in [-0.39, 0.29) is 0 Å². The molecule has 0 bridgehead atoms. The van der Waals surface area contributed by atoms with Crippen LogP contribution in [-0.4, -0.2) is 29.7 Å². The van der Waals surface area contributed by atoms with E-state index in [0.717, 1.165) is 25.4 Å². The lowest BCUT2D eigenvalue weighted by atomic mass is 10.3. The predicted octanol–water partition coefficient (Wildman–Crippen LogP) is 2.29. The molecule has 1 aliphatic heterocycles. The molecule has 1 fully saturated rings. The first-order valence-corrected chi connectivity index (χ1v) is 5.72. The van der Waals surface area contributed by atoms with Crippen molar-refractivity contribution in [3.8, 4) is 0 Å². The number of hydrogen-bond acceptors (Lipinski definition) is 3. The zero-order valence-corrected chi connectivity index (χ0v) is 10.5. The number of ether oxygens (including phenoxy) is 1. The summed E-state index contributed by atoms with van der Waals surface area (Å²) in [6, 6.07) is 9.49. The Morgan fingerprint density at radius 3 is 2.40 bits per heavy atom. The summed E-state index contributed by atoms with van der Waals surface area (Å²) >= 11 is 3.38. The molecule has 1 saturated heterocycles. The van der Waals surface area contributed by atoms with Gasteiger partial charge in [0, 0.05) is 34.9 Å². The van der Waals surface area contributed by atoms with Gasteiger partial charge in [-0.3, -0.25) is 0 Å². The van der Waals surface area contributed by atoms with Gasteiger partial charge in [0.15, 0.2) is 0 Å². The van der Waals surface area contributed by atoms with Gasteiger partial charge in [0.25, 0.3) is 0 Å². The van der Waals surface area contributed by atoms with Crippen molar-refractivity contribution in [2.24, 2.45) is 0 Å². The highest BCUT2D eigenvalue weighted by Crippen LogP contribution is 2.07. The Labute approximate surface area is 99.5 Å². The quantitative estimate of drug-likeness (QED) is 0.582. The summed E-state index contributed by atoms with van der Waals surface area (Å²) in [6.07, 6.45) is 0.392. The van der Waals surface area contributed by atoms with Crippen LogP contribution < -0.4 is 5.73 Å². The van der Waals surface area contributed by atoms with E-state index in [0.29, 0.717) is 6.10 Å². The maximum Gasteiger partial charge on any atom is 0.0683 e. The van der Waals surface area contributed by atoms with Gasteiger partial charge in [-0.25, -0.2) is 3.93 Å². The molecule has 1 aromatic rings. The van der Waals surface area contributed by atoms with E-state index in [4.69, 9.17) is 10.5 Å². The number of para-hydroxylation sites is 1. The van der Waals surface area contributed by atoms with E-state index in [9.17, 15) is 0 Å². The van der Waals surface area contributed by atoms with Crippen LogP contribution >= 0.6 is 16.1 Å². The molecule has 1 atom stereocenters. The molecular weight excluding hydrogens is 256 g/mol. The number of halogens is 1. The summed E-state index contributed by atoms with van der Waals surface area (Å²) in [5.41, 5.74) is 6.18. The topological polar surface area (TPSA) is 38.5 Å². The van der Waals surface area contributed by atoms with Gasteiger partial charge >= 0.3 is 0 Å². The van der Waals surface area contributed by atoms with Gasteiger partial charge in [-0.05, 0) is 19.1 Å². The first kappa shape index (κ1) is 12.5. The van der Waals surface area contributed by atoms with Gasteiger partial charge in [0.1, 0.15) is 0 Å². The molecule has 0 spiro atoms. The summed E-state index contributed by atoms with van der Waals surface area (Å²) in [5, 5.41) is 0. The first-order chi connectivity index (χ1) is 7.18. The molecule has 4 heteroatoms. The molecule has 15 heavy (non-hydrogen) atoms. The largest absolute Gasteiger partial charge is 0.399 e. The van der Waals surface area contributed by atoms with Crippen LogP contribution in [-0.2, 0) is 4.74 Å². The molecule has 1 aliphatic rings. The maximum absolute atomic E-state index is 5.36. The highest BCUT2D eigenvalue weighted by atomic mass is 79.9. The summed E-state index contributed by atoms with van der Waals surface area (Å²) < 4.78 is 7.37. The molecule has 0 radical (unpaired) electrons. The minimum atomic E-state index is 0.392. The minimum Gasteiger partial charge on any atom is -0.399 e. The van der Waals surface area contributed by atoms with Crippen LogP contribution in [0.5, 0.6) is 0 Å². The summed E-state index contributed by atoms with van der Waals surface area (Å²) in [7, 11) is 0. The second kappa shape index (κ2) is 6.82. The second-order valence-electron chi connectivity index (χ2n) is 3.46. The fourth-order valence-corrected chi connectivity index (χ4v) is 1.78. The molecule has 84 valence electrons. The third kappa shape index (κ3) is 5.77. The molecule has 3 nitrogen and oxygen atoms in total. The third-order valence-electron chi connectivity index (χ3n) is 1.99. The number of nitrogen functional groups attached to an aromatic ring is 1. The van der Waals surface area contributed by atoms with Gasteiger partial charge in [-0.2, -0.15) is 0 Å². The van der Waals surface area contributed by atoms with Crippen molar-refractivity contribution in [1.29, 1.82) is 0 Å². The Kier molecular flexibility index (Phi) is 5.68. The SMILES string of the molecule is CC1CN(Br)CCO1.Nc1ccccc1. The fourth-order valence-electron chi connectivity index (χ4n) is 1.23. The Hall–Kier alpha value is -0.580. The first-order valence-electron chi connectivity index (χ1n) is 5.01. The third-order valence-corrected chi connectivity index (χ3v) is 2.64. The molecule has 0 saturated carbocycles. The van der Waals surface area contributed by atoms with Crippen molar-refractivity contribution in [1.82, 2.24) is 3.93 Å². The summed E-state index contributed by atoms with van der Waals surface area (Å²) in [5.74, 6) is 0. The average Bonchev–Trinajstić information content (AvgIpc) is 2.19. The molecule has 1 heterocycles. The van der Waals surface area contributed by atoms with Crippen LogP contribution in [0, 0.1) is 0 Å². The second-order valence-corrected chi connectivity index (χ2v) is 4.46. The normalized spacial score (nSPS) is 21.6. The van der Waals surface area contributed by atoms with Crippen LogP contribution in [0.1, 0.15) is 6.92 Å². The van der Waals surface area contributed by atoms with Crippen molar-refractivity contribution in [3.05, 3.63) is 30.3 Å². The predicted molar refractivity (Wildman–Crippen MR) is 66.8 cm³/mol. The van der Waals surface area contributed by atoms with E-state index in [2.05, 4.69) is 27.0 Å². The summed E-state index contributed by atoms with van der Waals surface area (Å²) in [4.78, 5) is 0. The number of hydrogen-bond donors (Lipinski definition) is 1. The lowest BCUT2D eigenvalue weighted by Crippen LogP contribution is -2.34. The van der Waals surface area contributed by atoms with Crippen LogP contribution in [0.15, 0.2) is 30.3 Å². The van der Waals surface area contributed by atoms with Crippen LogP contribution in [0.2, 0.25) is 0 Å². The van der Waals surface area contributed by atoms with E-state index >= 15 is 0 Å². The Bertz CT molecular complexity index is 261. The van der Waals surface area contributed by atoms with E-state index in [1.54, 1.807) is 0 Å².